The monoisotopic (exact) mass is 543 g/mol. The molecule has 12 heteroatoms. The summed E-state index contributed by atoms with van der Waals surface area (Å²) in [6.45, 7) is 4.28. The van der Waals surface area contributed by atoms with Crippen molar-refractivity contribution in [1.82, 2.24) is 26.3 Å². The first-order valence-electron chi connectivity index (χ1n) is 13.2. The predicted molar refractivity (Wildman–Crippen MR) is 143 cm³/mol. The second-order valence-electron chi connectivity index (χ2n) is 9.98. The first kappa shape index (κ1) is 29.6. The van der Waals surface area contributed by atoms with Gasteiger partial charge in [-0.2, -0.15) is 0 Å². The quantitative estimate of drug-likeness (QED) is 0.183. The van der Waals surface area contributed by atoms with E-state index < -0.39 is 54.3 Å². The number of benzene rings is 1. The molecule has 39 heavy (non-hydrogen) atoms. The van der Waals surface area contributed by atoms with Crippen LogP contribution in [0.2, 0.25) is 0 Å². The van der Waals surface area contributed by atoms with Crippen molar-refractivity contribution < 1.29 is 34.2 Å². The van der Waals surface area contributed by atoms with E-state index >= 15 is 0 Å². The lowest BCUT2D eigenvalue weighted by Gasteiger charge is -2.28. The minimum atomic E-state index is -1.42. The number of nitrogens with one attached hydrogen (secondary N) is 5. The molecular formula is C27H37N5O7. The highest BCUT2D eigenvalue weighted by Gasteiger charge is 2.34. The third-order valence-corrected chi connectivity index (χ3v) is 7.16. The van der Waals surface area contributed by atoms with Crippen LogP contribution in [0.4, 0.5) is 0 Å². The number of fused-ring (bicyclic) bond motifs is 1. The molecule has 2 aromatic rings. The molecule has 0 spiro atoms. The summed E-state index contributed by atoms with van der Waals surface area (Å²) in [5.41, 5.74) is 1.70. The number of para-hydroxylation sites is 1. The number of carboxylic acid groups (broad SMARTS) is 2. The Labute approximate surface area is 226 Å². The van der Waals surface area contributed by atoms with Crippen LogP contribution in [0.1, 0.15) is 51.5 Å². The first-order chi connectivity index (χ1) is 18.6. The topological polar surface area (TPSA) is 190 Å². The van der Waals surface area contributed by atoms with Crippen molar-refractivity contribution in [3.8, 4) is 0 Å². The molecule has 0 aliphatic carbocycles. The van der Waals surface area contributed by atoms with E-state index in [4.69, 9.17) is 5.11 Å². The van der Waals surface area contributed by atoms with E-state index in [2.05, 4.69) is 26.3 Å². The maximum Gasteiger partial charge on any atom is 0.326 e. The van der Waals surface area contributed by atoms with Crippen LogP contribution in [-0.4, -0.2) is 75.6 Å². The third-order valence-electron chi connectivity index (χ3n) is 7.16. The van der Waals surface area contributed by atoms with Gasteiger partial charge >= 0.3 is 11.9 Å². The lowest BCUT2D eigenvalue weighted by atomic mass is 9.96. The normalized spacial score (nSPS) is 18.1. The summed E-state index contributed by atoms with van der Waals surface area (Å²) in [7, 11) is 0. The number of aromatic amines is 1. The van der Waals surface area contributed by atoms with Gasteiger partial charge in [0.15, 0.2) is 0 Å². The van der Waals surface area contributed by atoms with E-state index in [0.29, 0.717) is 19.4 Å². The molecular weight excluding hydrogens is 506 g/mol. The summed E-state index contributed by atoms with van der Waals surface area (Å²) in [4.78, 5) is 65.4. The summed E-state index contributed by atoms with van der Waals surface area (Å²) in [6, 6.07) is 3.65. The van der Waals surface area contributed by atoms with Crippen molar-refractivity contribution in [3.63, 3.8) is 0 Å². The average molecular weight is 544 g/mol. The summed E-state index contributed by atoms with van der Waals surface area (Å²) in [5, 5.41) is 30.3. The third kappa shape index (κ3) is 8.03. The highest BCUT2D eigenvalue weighted by Crippen LogP contribution is 2.20. The van der Waals surface area contributed by atoms with Crippen LogP contribution in [0.3, 0.4) is 0 Å². The van der Waals surface area contributed by atoms with E-state index in [9.17, 15) is 29.1 Å². The molecule has 1 saturated heterocycles. The van der Waals surface area contributed by atoms with Gasteiger partial charge < -0.3 is 36.5 Å². The van der Waals surface area contributed by atoms with Crippen molar-refractivity contribution in [1.29, 1.82) is 0 Å². The molecule has 7 N–H and O–H groups in total. The van der Waals surface area contributed by atoms with Gasteiger partial charge in [-0.15, -0.1) is 0 Å². The van der Waals surface area contributed by atoms with Gasteiger partial charge in [-0.25, -0.2) is 4.79 Å². The van der Waals surface area contributed by atoms with E-state index in [0.717, 1.165) is 22.9 Å². The number of hydrogen-bond acceptors (Lipinski definition) is 6. The number of carbonyl (C=O) groups is 5. The predicted octanol–water partition coefficient (Wildman–Crippen LogP) is 0.912. The number of rotatable bonds is 14. The van der Waals surface area contributed by atoms with Gasteiger partial charge in [0.1, 0.15) is 18.1 Å². The molecule has 1 aliphatic heterocycles. The number of aliphatic carboxylic acids is 2. The second kappa shape index (κ2) is 13.7. The number of carbonyl (C=O) groups excluding carboxylic acids is 3. The minimum Gasteiger partial charge on any atom is -0.481 e. The van der Waals surface area contributed by atoms with Crippen LogP contribution in [-0.2, 0) is 30.4 Å². The van der Waals surface area contributed by atoms with Crippen LogP contribution in [0, 0.1) is 5.92 Å². The van der Waals surface area contributed by atoms with Crippen LogP contribution >= 0.6 is 0 Å². The van der Waals surface area contributed by atoms with Gasteiger partial charge in [0.25, 0.3) is 0 Å². The summed E-state index contributed by atoms with van der Waals surface area (Å²) in [6.07, 6.45) is 3.20. The molecule has 5 unspecified atom stereocenters. The highest BCUT2D eigenvalue weighted by molar-refractivity contribution is 5.95. The Morgan fingerprint density at radius 2 is 1.77 bits per heavy atom. The van der Waals surface area contributed by atoms with Gasteiger partial charge in [-0.1, -0.05) is 38.5 Å². The zero-order valence-electron chi connectivity index (χ0n) is 22.2. The van der Waals surface area contributed by atoms with Crippen LogP contribution in [0.5, 0.6) is 0 Å². The van der Waals surface area contributed by atoms with Gasteiger partial charge in [0, 0.05) is 29.9 Å². The molecule has 3 amide bonds. The Hall–Kier alpha value is -3.93. The minimum absolute atomic E-state index is 0.166. The molecule has 1 aromatic carbocycles. The fraction of sp³-hybridized carbons (Fsp3) is 0.519. The summed E-state index contributed by atoms with van der Waals surface area (Å²) >= 11 is 0. The van der Waals surface area contributed by atoms with Crippen molar-refractivity contribution in [2.75, 3.05) is 6.54 Å². The molecule has 0 radical (unpaired) electrons. The average Bonchev–Trinajstić information content (AvgIpc) is 3.59. The van der Waals surface area contributed by atoms with Gasteiger partial charge in [0.2, 0.25) is 17.7 Å². The molecule has 212 valence electrons. The maximum atomic E-state index is 13.6. The molecule has 0 bridgehead atoms. The molecule has 1 aromatic heterocycles. The summed E-state index contributed by atoms with van der Waals surface area (Å²) in [5.74, 6) is -4.54. The molecule has 2 heterocycles. The SMILES string of the molecule is CCC(C)C(NC(=O)C(Cc1c[nH]c2ccccc12)NC(=O)C1CCCN1)C(=O)NC(CCC(=O)O)C(=O)O. The number of H-pyrrole nitrogens is 1. The Balaban J connectivity index is 1.81. The van der Waals surface area contributed by atoms with Gasteiger partial charge in [-0.3, -0.25) is 19.2 Å². The number of carboxylic acids is 2. The van der Waals surface area contributed by atoms with E-state index in [-0.39, 0.29) is 24.7 Å². The lowest BCUT2D eigenvalue weighted by Crippen LogP contribution is -2.59. The maximum absolute atomic E-state index is 13.6. The van der Waals surface area contributed by atoms with Crippen LogP contribution in [0.15, 0.2) is 30.5 Å². The number of aromatic nitrogens is 1. The molecule has 5 atom stereocenters. The summed E-state index contributed by atoms with van der Waals surface area (Å²) < 4.78 is 0. The van der Waals surface area contributed by atoms with Crippen molar-refractivity contribution in [2.45, 2.75) is 76.5 Å². The fourth-order valence-corrected chi connectivity index (χ4v) is 4.65. The molecule has 1 fully saturated rings. The zero-order chi connectivity index (χ0) is 28.5. The molecule has 0 saturated carbocycles. The first-order valence-corrected chi connectivity index (χ1v) is 13.2. The van der Waals surface area contributed by atoms with Crippen molar-refractivity contribution in [2.24, 2.45) is 5.92 Å². The van der Waals surface area contributed by atoms with E-state index in [1.54, 1.807) is 13.1 Å². The fourth-order valence-electron chi connectivity index (χ4n) is 4.65. The Bertz CT molecular complexity index is 1190. The van der Waals surface area contributed by atoms with Crippen molar-refractivity contribution >= 4 is 40.6 Å². The highest BCUT2D eigenvalue weighted by atomic mass is 16.4. The lowest BCUT2D eigenvalue weighted by molar-refractivity contribution is -0.143. The Morgan fingerprint density at radius 3 is 2.41 bits per heavy atom. The molecule has 3 rings (SSSR count). The number of hydrogen-bond donors (Lipinski definition) is 7. The van der Waals surface area contributed by atoms with Gasteiger partial charge in [-0.05, 0) is 43.4 Å². The van der Waals surface area contributed by atoms with Crippen LogP contribution < -0.4 is 21.3 Å². The zero-order valence-corrected chi connectivity index (χ0v) is 22.2. The van der Waals surface area contributed by atoms with Crippen LogP contribution in [0.25, 0.3) is 10.9 Å². The Kier molecular flexibility index (Phi) is 10.4. The standard InChI is InChI=1S/C27H37N5O7/c1-3-15(2)23(26(37)30-20(27(38)39)10-11-22(33)34)32-25(36)21(31-24(35)19-9-6-12-28-19)13-16-14-29-18-8-5-4-7-17(16)18/h4-5,7-8,14-15,19-21,23,28-29H,3,6,9-13H2,1-2H3,(H,30,37)(H,31,35)(H,32,36)(H,33,34)(H,38,39). The second-order valence-corrected chi connectivity index (χ2v) is 9.98. The molecule has 1 aliphatic rings. The largest absolute Gasteiger partial charge is 0.481 e. The van der Waals surface area contributed by atoms with Gasteiger partial charge in [0.05, 0.1) is 6.04 Å². The van der Waals surface area contributed by atoms with E-state index in [1.165, 1.54) is 0 Å². The Morgan fingerprint density at radius 1 is 1.03 bits per heavy atom. The van der Waals surface area contributed by atoms with Crippen molar-refractivity contribution in [3.05, 3.63) is 36.0 Å². The molecule has 12 nitrogen and oxygen atoms in total. The smallest absolute Gasteiger partial charge is 0.326 e. The van der Waals surface area contributed by atoms with E-state index in [1.807, 2.05) is 31.2 Å². The number of amides is 3.